The van der Waals surface area contributed by atoms with Crippen LogP contribution in [0.15, 0.2) is 41.3 Å². The lowest BCUT2D eigenvalue weighted by molar-refractivity contribution is -0.103. The Morgan fingerprint density at radius 2 is 1.96 bits per heavy atom. The van der Waals surface area contributed by atoms with Crippen molar-refractivity contribution in [3.8, 4) is 5.69 Å². The van der Waals surface area contributed by atoms with Crippen molar-refractivity contribution < 1.29 is 4.74 Å². The average Bonchev–Trinajstić information content (AvgIpc) is 2.67. The summed E-state index contributed by atoms with van der Waals surface area (Å²) in [6.07, 6.45) is 9.57. The number of anilines is 1. The maximum Gasteiger partial charge on any atom is 0.292 e. The largest absolute Gasteiger partial charge is 0.379 e. The highest BCUT2D eigenvalue weighted by molar-refractivity contribution is 6.32. The number of benzene rings is 1. The van der Waals surface area contributed by atoms with Crippen LogP contribution in [0.4, 0.5) is 5.69 Å². The predicted octanol–water partition coefficient (Wildman–Crippen LogP) is 4.18. The first-order chi connectivity index (χ1) is 12.7. The van der Waals surface area contributed by atoms with E-state index in [-0.39, 0.29) is 22.2 Å². The summed E-state index contributed by atoms with van der Waals surface area (Å²) in [5.41, 5.74) is 1.02. The Hall–Kier alpha value is -1.85. The van der Waals surface area contributed by atoms with E-state index in [1.165, 1.54) is 23.9 Å². The number of hydrogen-bond donors (Lipinski definition) is 1. The molecule has 1 saturated carbocycles. The quantitative estimate of drug-likeness (QED) is 0.876. The van der Waals surface area contributed by atoms with Gasteiger partial charge in [-0.2, -0.15) is 9.78 Å². The fraction of sp³-hybridized carbons (Fsp3) is 0.500. The fourth-order valence-corrected chi connectivity index (χ4v) is 4.39. The Balaban J connectivity index is 1.53. The third kappa shape index (κ3) is 3.51. The van der Waals surface area contributed by atoms with Gasteiger partial charge in [0.15, 0.2) is 0 Å². The molecule has 1 spiro atoms. The number of para-hydroxylation sites is 1. The Labute approximate surface area is 158 Å². The number of hydrogen-bond acceptors (Lipinski definition) is 4. The van der Waals surface area contributed by atoms with E-state index in [9.17, 15) is 4.79 Å². The van der Waals surface area contributed by atoms with E-state index in [0.717, 1.165) is 32.3 Å². The van der Waals surface area contributed by atoms with E-state index in [2.05, 4.69) is 10.4 Å². The minimum atomic E-state index is -0.303. The van der Waals surface area contributed by atoms with Gasteiger partial charge in [0.25, 0.3) is 5.56 Å². The molecule has 138 valence electrons. The first-order valence-corrected chi connectivity index (χ1v) is 9.78. The van der Waals surface area contributed by atoms with Gasteiger partial charge < -0.3 is 10.1 Å². The Kier molecular flexibility index (Phi) is 5.00. The van der Waals surface area contributed by atoms with E-state index < -0.39 is 0 Å². The molecular weight excluding hydrogens is 350 g/mol. The molecule has 2 aliphatic rings. The summed E-state index contributed by atoms with van der Waals surface area (Å²) in [6.45, 7) is 0.754. The number of aromatic nitrogens is 2. The predicted molar refractivity (Wildman–Crippen MR) is 103 cm³/mol. The Morgan fingerprint density at radius 1 is 1.19 bits per heavy atom. The van der Waals surface area contributed by atoms with Crippen molar-refractivity contribution >= 4 is 17.3 Å². The Morgan fingerprint density at radius 3 is 2.73 bits per heavy atom. The second-order valence-electron chi connectivity index (χ2n) is 7.35. The number of ether oxygens (including phenoxy) is 1. The molecule has 5 nitrogen and oxygen atoms in total. The monoisotopic (exact) mass is 373 g/mol. The lowest BCUT2D eigenvalue weighted by atomic mass is 9.78. The number of rotatable bonds is 3. The second kappa shape index (κ2) is 7.41. The van der Waals surface area contributed by atoms with Crippen molar-refractivity contribution in [2.24, 2.45) is 0 Å². The molecule has 4 rings (SSSR count). The zero-order chi connectivity index (χ0) is 18.0. The molecule has 6 heteroatoms. The van der Waals surface area contributed by atoms with Gasteiger partial charge in [-0.1, -0.05) is 49.1 Å². The van der Waals surface area contributed by atoms with Gasteiger partial charge in [0, 0.05) is 12.6 Å². The van der Waals surface area contributed by atoms with E-state index in [0.29, 0.717) is 11.4 Å². The van der Waals surface area contributed by atoms with Gasteiger partial charge in [0.05, 0.1) is 23.2 Å². The van der Waals surface area contributed by atoms with Crippen molar-refractivity contribution in [1.29, 1.82) is 0 Å². The lowest BCUT2D eigenvalue weighted by Gasteiger charge is -2.43. The van der Waals surface area contributed by atoms with Gasteiger partial charge in [0.1, 0.15) is 5.02 Å². The van der Waals surface area contributed by atoms with Crippen LogP contribution in [-0.2, 0) is 4.74 Å². The van der Waals surface area contributed by atoms with Crippen LogP contribution in [0.1, 0.15) is 44.9 Å². The highest BCUT2D eigenvalue weighted by atomic mass is 35.5. The first-order valence-electron chi connectivity index (χ1n) is 9.41. The van der Waals surface area contributed by atoms with Crippen LogP contribution in [-0.4, -0.2) is 28.0 Å². The minimum Gasteiger partial charge on any atom is -0.379 e. The maximum atomic E-state index is 12.6. The maximum absolute atomic E-state index is 12.6. The number of halogens is 1. The van der Waals surface area contributed by atoms with E-state index >= 15 is 0 Å². The summed E-state index contributed by atoms with van der Waals surface area (Å²) >= 11 is 6.38. The molecule has 2 fully saturated rings. The molecule has 2 aromatic rings. The smallest absolute Gasteiger partial charge is 0.292 e. The first kappa shape index (κ1) is 17.6. The highest BCUT2D eigenvalue weighted by Gasteiger charge is 2.38. The van der Waals surface area contributed by atoms with Crippen LogP contribution in [0.25, 0.3) is 5.69 Å². The standard InChI is InChI=1S/C20H24ClN3O2/c21-18-17(14-22-24(19(18)25)16-7-3-1-4-8-16)23-15-9-12-26-20(13-15)10-5-2-6-11-20/h1,3-4,7-8,14-15,23H,2,5-6,9-13H2. The topological polar surface area (TPSA) is 56.1 Å². The fourth-order valence-electron chi connectivity index (χ4n) is 4.20. The molecule has 1 unspecified atom stereocenters. The minimum absolute atomic E-state index is 0.00704. The summed E-state index contributed by atoms with van der Waals surface area (Å²) < 4.78 is 7.48. The summed E-state index contributed by atoms with van der Waals surface area (Å²) in [7, 11) is 0. The van der Waals surface area contributed by atoms with E-state index in [1.54, 1.807) is 6.20 Å². The van der Waals surface area contributed by atoms with Crippen molar-refractivity contribution in [2.75, 3.05) is 11.9 Å². The summed E-state index contributed by atoms with van der Waals surface area (Å²) in [6, 6.07) is 9.57. The molecule has 1 aliphatic heterocycles. The molecular formula is C20H24ClN3O2. The molecule has 1 aromatic heterocycles. The third-order valence-corrected chi connectivity index (χ3v) is 5.90. The molecule has 26 heavy (non-hydrogen) atoms. The van der Waals surface area contributed by atoms with Crippen LogP contribution >= 0.6 is 11.6 Å². The third-order valence-electron chi connectivity index (χ3n) is 5.54. The molecule has 2 heterocycles. The van der Waals surface area contributed by atoms with Crippen LogP contribution < -0.4 is 10.9 Å². The van der Waals surface area contributed by atoms with Gasteiger partial charge in [-0.05, 0) is 37.8 Å². The van der Waals surface area contributed by atoms with Crippen molar-refractivity contribution in [1.82, 2.24) is 9.78 Å². The van der Waals surface area contributed by atoms with Crippen LogP contribution in [0, 0.1) is 0 Å². The second-order valence-corrected chi connectivity index (χ2v) is 7.73. The van der Waals surface area contributed by atoms with E-state index in [4.69, 9.17) is 16.3 Å². The molecule has 1 saturated heterocycles. The molecule has 1 N–H and O–H groups in total. The number of nitrogens with one attached hydrogen (secondary N) is 1. The van der Waals surface area contributed by atoms with Gasteiger partial charge in [-0.3, -0.25) is 4.79 Å². The highest BCUT2D eigenvalue weighted by Crippen LogP contribution is 2.39. The molecule has 1 aliphatic carbocycles. The zero-order valence-electron chi connectivity index (χ0n) is 14.8. The lowest BCUT2D eigenvalue weighted by Crippen LogP contribution is -2.45. The van der Waals surface area contributed by atoms with Gasteiger partial charge in [-0.15, -0.1) is 0 Å². The zero-order valence-corrected chi connectivity index (χ0v) is 15.5. The number of nitrogens with zero attached hydrogens (tertiary/aromatic N) is 2. The molecule has 0 amide bonds. The molecule has 1 aromatic carbocycles. The normalized spacial score (nSPS) is 22.3. The van der Waals surface area contributed by atoms with Gasteiger partial charge >= 0.3 is 0 Å². The van der Waals surface area contributed by atoms with Crippen molar-refractivity contribution in [2.45, 2.75) is 56.6 Å². The SMILES string of the molecule is O=c1c(Cl)c(NC2CCOC3(CCCCC3)C2)cnn1-c1ccccc1. The van der Waals surface area contributed by atoms with Crippen LogP contribution in [0.5, 0.6) is 0 Å². The average molecular weight is 374 g/mol. The summed E-state index contributed by atoms with van der Waals surface area (Å²) in [5, 5.41) is 7.95. The van der Waals surface area contributed by atoms with E-state index in [1.807, 2.05) is 30.3 Å². The van der Waals surface area contributed by atoms with Gasteiger partial charge in [0.2, 0.25) is 0 Å². The Bertz CT molecular complexity index is 810. The van der Waals surface area contributed by atoms with Crippen LogP contribution in [0.2, 0.25) is 5.02 Å². The molecule has 0 bridgehead atoms. The summed E-state index contributed by atoms with van der Waals surface area (Å²) in [4.78, 5) is 12.6. The molecule has 1 atom stereocenters. The van der Waals surface area contributed by atoms with Gasteiger partial charge in [-0.25, -0.2) is 0 Å². The van der Waals surface area contributed by atoms with Crippen molar-refractivity contribution in [3.05, 3.63) is 51.9 Å². The van der Waals surface area contributed by atoms with Crippen LogP contribution in [0.3, 0.4) is 0 Å². The molecule has 0 radical (unpaired) electrons. The summed E-state index contributed by atoms with van der Waals surface area (Å²) in [5.74, 6) is 0. The van der Waals surface area contributed by atoms with Crippen molar-refractivity contribution in [3.63, 3.8) is 0 Å².